The van der Waals surface area contributed by atoms with Crippen LogP contribution in [0.4, 0.5) is 5.69 Å². The maximum atomic E-state index is 12.8. The molecule has 2 amide bonds. The van der Waals surface area contributed by atoms with Crippen molar-refractivity contribution in [3.8, 4) is 5.75 Å². The van der Waals surface area contributed by atoms with Gasteiger partial charge in [-0.3, -0.25) is 19.7 Å². The first kappa shape index (κ1) is 16.2. The summed E-state index contributed by atoms with van der Waals surface area (Å²) >= 11 is 0. The van der Waals surface area contributed by atoms with Gasteiger partial charge in [0.1, 0.15) is 0 Å². The third kappa shape index (κ3) is 2.19. The summed E-state index contributed by atoms with van der Waals surface area (Å²) in [7, 11) is 1.35. The minimum absolute atomic E-state index is 0.137. The average Bonchev–Trinajstić information content (AvgIpc) is 3.45. The molecule has 8 nitrogen and oxygen atoms in total. The number of benzene rings is 1. The highest BCUT2D eigenvalue weighted by atomic mass is 16.6. The van der Waals surface area contributed by atoms with Gasteiger partial charge in [0.05, 0.1) is 30.1 Å². The summed E-state index contributed by atoms with van der Waals surface area (Å²) in [5.41, 5.74) is 0.221. The van der Waals surface area contributed by atoms with Crippen LogP contribution in [0.5, 0.6) is 5.75 Å². The van der Waals surface area contributed by atoms with Crippen LogP contribution < -0.4 is 4.74 Å². The standard InChI is InChI=1S/C19H17N3O5/c1-27-15-5-2-9(6-14(15)22(25)26)8-20-21-18(23)16-10-3-4-11(13-7-12(10)13)17(16)19(21)24/h2-6,8,10-13,16-17H,7H2,1H3/b20-8+. The van der Waals surface area contributed by atoms with Gasteiger partial charge >= 0.3 is 5.69 Å². The van der Waals surface area contributed by atoms with E-state index in [1.165, 1.54) is 25.5 Å². The van der Waals surface area contributed by atoms with Crippen molar-refractivity contribution < 1.29 is 19.2 Å². The van der Waals surface area contributed by atoms with Crippen molar-refractivity contribution in [2.24, 2.45) is 40.6 Å². The Hall–Kier alpha value is -3.03. The summed E-state index contributed by atoms with van der Waals surface area (Å²) in [4.78, 5) is 36.2. The highest BCUT2D eigenvalue weighted by molar-refractivity contribution is 6.06. The fourth-order valence-electron chi connectivity index (χ4n) is 5.11. The largest absolute Gasteiger partial charge is 0.490 e. The zero-order valence-electron chi connectivity index (χ0n) is 14.5. The summed E-state index contributed by atoms with van der Waals surface area (Å²) in [6.07, 6.45) is 6.63. The summed E-state index contributed by atoms with van der Waals surface area (Å²) in [6.45, 7) is 0. The van der Waals surface area contributed by atoms with Crippen molar-refractivity contribution in [1.29, 1.82) is 0 Å². The zero-order chi connectivity index (χ0) is 18.9. The second kappa shape index (κ2) is 5.48. The van der Waals surface area contributed by atoms with Crippen molar-refractivity contribution in [2.45, 2.75) is 6.42 Å². The number of imide groups is 1. The van der Waals surface area contributed by atoms with E-state index >= 15 is 0 Å². The van der Waals surface area contributed by atoms with E-state index in [4.69, 9.17) is 4.74 Å². The maximum absolute atomic E-state index is 12.8. The van der Waals surface area contributed by atoms with Gasteiger partial charge in [-0.1, -0.05) is 12.2 Å². The number of nitro benzene ring substituents is 1. The first-order chi connectivity index (χ1) is 13.0. The lowest BCUT2D eigenvalue weighted by Crippen LogP contribution is -2.40. The molecule has 2 bridgehead atoms. The topological polar surface area (TPSA) is 102 Å². The molecule has 0 aromatic heterocycles. The smallest absolute Gasteiger partial charge is 0.311 e. The molecular weight excluding hydrogens is 350 g/mol. The van der Waals surface area contributed by atoms with Gasteiger partial charge in [0.15, 0.2) is 5.75 Å². The number of nitrogens with zero attached hydrogens (tertiary/aromatic N) is 3. The Labute approximate surface area is 154 Å². The number of methoxy groups -OCH3 is 1. The number of hydrazone groups is 1. The molecule has 27 heavy (non-hydrogen) atoms. The fraction of sp³-hybridized carbons (Fsp3) is 0.421. The molecule has 1 aromatic rings. The van der Waals surface area contributed by atoms with Crippen LogP contribution in [0.15, 0.2) is 35.5 Å². The van der Waals surface area contributed by atoms with Crippen molar-refractivity contribution in [3.05, 3.63) is 46.0 Å². The van der Waals surface area contributed by atoms with Crippen LogP contribution in [-0.4, -0.2) is 35.1 Å². The van der Waals surface area contributed by atoms with Crippen LogP contribution in [0.3, 0.4) is 0 Å². The van der Waals surface area contributed by atoms with Gasteiger partial charge in [-0.05, 0) is 42.2 Å². The van der Waals surface area contributed by atoms with Crippen molar-refractivity contribution >= 4 is 23.7 Å². The van der Waals surface area contributed by atoms with E-state index in [0.29, 0.717) is 17.4 Å². The summed E-state index contributed by atoms with van der Waals surface area (Å²) in [6, 6.07) is 4.36. The van der Waals surface area contributed by atoms with Crippen molar-refractivity contribution in [2.75, 3.05) is 7.11 Å². The average molecular weight is 367 g/mol. The molecule has 8 heteroatoms. The lowest BCUT2D eigenvalue weighted by Gasteiger charge is -2.37. The molecule has 4 aliphatic carbocycles. The Morgan fingerprint density at radius 1 is 1.19 bits per heavy atom. The zero-order valence-corrected chi connectivity index (χ0v) is 14.5. The van der Waals surface area contributed by atoms with Crippen molar-refractivity contribution in [3.63, 3.8) is 0 Å². The number of rotatable bonds is 4. The van der Waals surface area contributed by atoms with Crippen LogP contribution in [0.2, 0.25) is 0 Å². The molecular formula is C19H17N3O5. The molecule has 1 saturated heterocycles. The minimum Gasteiger partial charge on any atom is -0.490 e. The van der Waals surface area contributed by atoms with Gasteiger partial charge in [-0.15, -0.1) is 0 Å². The number of amides is 2. The summed E-state index contributed by atoms with van der Waals surface area (Å²) in [5, 5.41) is 16.2. The van der Waals surface area contributed by atoms with Gasteiger partial charge in [0.25, 0.3) is 11.8 Å². The molecule has 5 aliphatic rings. The molecule has 0 spiro atoms. The van der Waals surface area contributed by atoms with Crippen LogP contribution in [0, 0.1) is 45.6 Å². The molecule has 6 rings (SSSR count). The SMILES string of the molecule is COc1ccc(/C=N/N2C(=O)C3C4C=CC(C5CC45)C3C2=O)cc1[N+](=O)[O-]. The molecule has 138 valence electrons. The number of carbonyl (C=O) groups is 2. The van der Waals surface area contributed by atoms with Gasteiger partial charge in [0, 0.05) is 11.6 Å². The molecule has 1 aromatic carbocycles. The number of carbonyl (C=O) groups excluding carboxylic acids is 2. The Bertz CT molecular complexity index is 903. The predicted octanol–water partition coefficient (Wildman–Crippen LogP) is 1.99. The molecule has 0 radical (unpaired) electrons. The second-order valence-electron chi connectivity index (χ2n) is 7.58. The molecule has 0 N–H and O–H groups in total. The van der Waals surface area contributed by atoms with Crippen LogP contribution in [0.25, 0.3) is 0 Å². The first-order valence-electron chi connectivity index (χ1n) is 8.94. The highest BCUT2D eigenvalue weighted by Gasteiger charge is 2.67. The van der Waals surface area contributed by atoms with E-state index in [1.54, 1.807) is 6.07 Å². The number of allylic oxidation sites excluding steroid dienone is 2. The van der Waals surface area contributed by atoms with Gasteiger partial charge in [-0.25, -0.2) is 0 Å². The Morgan fingerprint density at radius 3 is 2.37 bits per heavy atom. The lowest BCUT2D eigenvalue weighted by molar-refractivity contribution is -0.385. The minimum atomic E-state index is -0.549. The molecule has 1 heterocycles. The second-order valence-corrected chi connectivity index (χ2v) is 7.58. The maximum Gasteiger partial charge on any atom is 0.311 e. The van der Waals surface area contributed by atoms with E-state index in [-0.39, 0.29) is 46.9 Å². The van der Waals surface area contributed by atoms with Crippen LogP contribution in [-0.2, 0) is 9.59 Å². The number of hydrogen-bond donors (Lipinski definition) is 0. The molecule has 3 fully saturated rings. The molecule has 6 atom stereocenters. The molecule has 2 saturated carbocycles. The number of hydrogen-bond acceptors (Lipinski definition) is 6. The van der Waals surface area contributed by atoms with E-state index < -0.39 is 4.92 Å². The van der Waals surface area contributed by atoms with Gasteiger partial charge in [0.2, 0.25) is 0 Å². The third-order valence-corrected chi connectivity index (χ3v) is 6.36. The van der Waals surface area contributed by atoms with E-state index in [9.17, 15) is 19.7 Å². The molecule has 6 unspecified atom stereocenters. The quantitative estimate of drug-likeness (QED) is 0.266. The molecule has 1 aliphatic heterocycles. The highest BCUT2D eigenvalue weighted by Crippen LogP contribution is 2.65. The lowest BCUT2D eigenvalue weighted by atomic mass is 9.63. The first-order valence-corrected chi connectivity index (χ1v) is 8.94. The van der Waals surface area contributed by atoms with Gasteiger partial charge in [-0.2, -0.15) is 10.1 Å². The summed E-state index contributed by atoms with van der Waals surface area (Å²) < 4.78 is 4.97. The van der Waals surface area contributed by atoms with Crippen LogP contribution >= 0.6 is 0 Å². The normalized spacial score (nSPS) is 35.5. The van der Waals surface area contributed by atoms with E-state index in [0.717, 1.165) is 11.4 Å². The third-order valence-electron chi connectivity index (χ3n) is 6.36. The number of nitro groups is 1. The Kier molecular flexibility index (Phi) is 3.28. The number of ether oxygens (including phenoxy) is 1. The van der Waals surface area contributed by atoms with Crippen molar-refractivity contribution in [1.82, 2.24) is 5.01 Å². The predicted molar refractivity (Wildman–Crippen MR) is 93.8 cm³/mol. The van der Waals surface area contributed by atoms with Gasteiger partial charge < -0.3 is 4.74 Å². The van der Waals surface area contributed by atoms with E-state index in [1.807, 2.05) is 0 Å². The fourth-order valence-corrected chi connectivity index (χ4v) is 5.11. The monoisotopic (exact) mass is 367 g/mol. The summed E-state index contributed by atoms with van der Waals surface area (Å²) in [5.74, 6) is 0.364. The van der Waals surface area contributed by atoms with E-state index in [2.05, 4.69) is 17.3 Å². The Morgan fingerprint density at radius 2 is 1.81 bits per heavy atom. The van der Waals surface area contributed by atoms with Crippen LogP contribution in [0.1, 0.15) is 12.0 Å². The Balaban J connectivity index is 1.42.